The van der Waals surface area contributed by atoms with Gasteiger partial charge in [0.15, 0.2) is 5.11 Å². The lowest BCUT2D eigenvalue weighted by Crippen LogP contribution is -2.42. The molecule has 1 aliphatic heterocycles. The number of thiocarbonyl (C=S) groups is 1. The zero-order valence-corrected chi connectivity index (χ0v) is 9.00. The van der Waals surface area contributed by atoms with Gasteiger partial charge >= 0.3 is 0 Å². The van der Waals surface area contributed by atoms with E-state index in [2.05, 4.69) is 28.0 Å². The van der Waals surface area contributed by atoms with Crippen LogP contribution in [0.5, 0.6) is 0 Å². The zero-order valence-electron chi connectivity index (χ0n) is 8.18. The molecule has 0 radical (unpaired) electrons. The van der Waals surface area contributed by atoms with Crippen LogP contribution in [0.4, 0.5) is 0 Å². The largest absolute Gasteiger partial charge is 0.319 e. The lowest BCUT2D eigenvalue weighted by Gasteiger charge is -2.23. The van der Waals surface area contributed by atoms with Gasteiger partial charge in [0.05, 0.1) is 18.2 Å². The molecule has 0 aromatic carbocycles. The van der Waals surface area contributed by atoms with E-state index in [9.17, 15) is 0 Å². The van der Waals surface area contributed by atoms with Crippen molar-refractivity contribution in [3.8, 4) is 0 Å². The number of hydrogen-bond donors (Lipinski definition) is 1. The highest BCUT2D eigenvalue weighted by atomic mass is 32.1. The summed E-state index contributed by atoms with van der Waals surface area (Å²) in [4.78, 5) is 8.63. The summed E-state index contributed by atoms with van der Waals surface area (Å²) in [7, 11) is 0. The average Bonchev–Trinajstić information content (AvgIpc) is 2.25. The third kappa shape index (κ3) is 2.10. The number of aliphatic imine (C=N–C) groups is 2. The maximum atomic E-state index is 5.04. The summed E-state index contributed by atoms with van der Waals surface area (Å²) in [5.41, 5.74) is 0.948. The Kier molecular flexibility index (Phi) is 2.87. The maximum Gasteiger partial charge on any atom is 0.198 e. The van der Waals surface area contributed by atoms with E-state index in [4.69, 9.17) is 12.2 Å². The molecule has 1 unspecified atom stereocenters. The smallest absolute Gasteiger partial charge is 0.198 e. The minimum atomic E-state index is 0.113. The van der Waals surface area contributed by atoms with Crippen LogP contribution in [0.15, 0.2) is 46.9 Å². The molecule has 0 aromatic rings. The van der Waals surface area contributed by atoms with Gasteiger partial charge in [-0.25, -0.2) is 4.99 Å². The molecule has 2 rings (SSSR count). The fourth-order valence-electron chi connectivity index (χ4n) is 1.50. The first-order chi connectivity index (χ1) is 7.31. The maximum absolute atomic E-state index is 5.04. The van der Waals surface area contributed by atoms with Crippen LogP contribution in [-0.2, 0) is 0 Å². The van der Waals surface area contributed by atoms with Crippen molar-refractivity contribution in [3.05, 3.63) is 37.0 Å². The Morgan fingerprint density at radius 1 is 1.60 bits per heavy atom. The second-order valence-electron chi connectivity index (χ2n) is 3.20. The minimum Gasteiger partial charge on any atom is -0.319 e. The van der Waals surface area contributed by atoms with Crippen molar-refractivity contribution in [1.82, 2.24) is 5.32 Å². The Morgan fingerprint density at radius 3 is 3.27 bits per heavy atom. The quantitative estimate of drug-likeness (QED) is 0.564. The van der Waals surface area contributed by atoms with E-state index in [1.165, 1.54) is 0 Å². The minimum absolute atomic E-state index is 0.113. The normalized spacial score (nSPS) is 25.9. The van der Waals surface area contributed by atoms with Crippen molar-refractivity contribution in [1.29, 1.82) is 0 Å². The molecule has 1 aliphatic carbocycles. The number of fused-ring (bicyclic) bond motifs is 1. The van der Waals surface area contributed by atoms with Crippen LogP contribution in [0.2, 0.25) is 0 Å². The lowest BCUT2D eigenvalue weighted by molar-refractivity contribution is 1.04. The molecule has 1 N–H and O–H groups in total. The van der Waals surface area contributed by atoms with E-state index in [0.29, 0.717) is 11.7 Å². The zero-order chi connectivity index (χ0) is 10.7. The van der Waals surface area contributed by atoms with Crippen LogP contribution in [-0.4, -0.2) is 23.2 Å². The van der Waals surface area contributed by atoms with Gasteiger partial charge in [0.1, 0.15) is 5.84 Å². The van der Waals surface area contributed by atoms with Crippen LogP contribution in [0.25, 0.3) is 0 Å². The average molecular weight is 217 g/mol. The highest BCUT2D eigenvalue weighted by Gasteiger charge is 2.24. The van der Waals surface area contributed by atoms with Crippen LogP contribution in [0.3, 0.4) is 0 Å². The summed E-state index contributed by atoms with van der Waals surface area (Å²) in [6, 6.07) is 0. The molecule has 15 heavy (non-hydrogen) atoms. The highest BCUT2D eigenvalue weighted by Crippen LogP contribution is 2.14. The third-order valence-corrected chi connectivity index (χ3v) is 2.34. The second-order valence-corrected chi connectivity index (χ2v) is 3.59. The predicted molar refractivity (Wildman–Crippen MR) is 67.4 cm³/mol. The van der Waals surface area contributed by atoms with Gasteiger partial charge < -0.3 is 5.32 Å². The summed E-state index contributed by atoms with van der Waals surface area (Å²) in [6.45, 7) is 4.23. The molecule has 0 aromatic heterocycles. The molecule has 76 valence electrons. The molecule has 0 fully saturated rings. The van der Waals surface area contributed by atoms with Gasteiger partial charge in [0.2, 0.25) is 0 Å². The lowest BCUT2D eigenvalue weighted by atomic mass is 9.96. The summed E-state index contributed by atoms with van der Waals surface area (Å²) < 4.78 is 0. The Morgan fingerprint density at radius 2 is 2.47 bits per heavy atom. The summed E-state index contributed by atoms with van der Waals surface area (Å²) in [6.07, 6.45) is 9.71. The van der Waals surface area contributed by atoms with E-state index in [1.54, 1.807) is 6.08 Å². The molecule has 0 bridgehead atoms. The Bertz CT molecular complexity index is 416. The van der Waals surface area contributed by atoms with Crippen molar-refractivity contribution in [2.45, 2.75) is 0 Å². The van der Waals surface area contributed by atoms with Crippen molar-refractivity contribution in [2.24, 2.45) is 15.9 Å². The first kappa shape index (κ1) is 9.98. The van der Waals surface area contributed by atoms with Gasteiger partial charge in [-0.3, -0.25) is 4.99 Å². The van der Waals surface area contributed by atoms with Crippen LogP contribution in [0.1, 0.15) is 0 Å². The van der Waals surface area contributed by atoms with Crippen LogP contribution in [0, 0.1) is 5.92 Å². The standard InChI is InChI=1S/C11H11N3S/c1-2-7-12-10-8-5-3-4-6-9(8)13-11(15)14-10/h2-6,8H,1,7H2,(H,12,14,15). The van der Waals surface area contributed by atoms with Gasteiger partial charge in [-0.2, -0.15) is 0 Å². The first-order valence-corrected chi connectivity index (χ1v) is 5.12. The topological polar surface area (TPSA) is 36.8 Å². The predicted octanol–water partition coefficient (Wildman–Crippen LogP) is 1.64. The molecule has 3 nitrogen and oxygen atoms in total. The van der Waals surface area contributed by atoms with Crippen molar-refractivity contribution >= 4 is 28.9 Å². The molecule has 0 saturated heterocycles. The highest BCUT2D eigenvalue weighted by molar-refractivity contribution is 7.80. The Balaban J connectivity index is 2.32. The van der Waals surface area contributed by atoms with Crippen molar-refractivity contribution in [3.63, 3.8) is 0 Å². The van der Waals surface area contributed by atoms with Gasteiger partial charge in [-0.15, -0.1) is 6.58 Å². The van der Waals surface area contributed by atoms with Gasteiger partial charge in [0.25, 0.3) is 0 Å². The van der Waals surface area contributed by atoms with E-state index in [0.717, 1.165) is 11.5 Å². The molecule has 0 saturated carbocycles. The molecule has 0 amide bonds. The van der Waals surface area contributed by atoms with Crippen LogP contribution < -0.4 is 5.32 Å². The molecular weight excluding hydrogens is 206 g/mol. The molecule has 0 spiro atoms. The Hall–Kier alpha value is -1.55. The van der Waals surface area contributed by atoms with Crippen molar-refractivity contribution < 1.29 is 0 Å². The van der Waals surface area contributed by atoms with Crippen LogP contribution >= 0.6 is 12.2 Å². The van der Waals surface area contributed by atoms with E-state index in [-0.39, 0.29) is 5.92 Å². The van der Waals surface area contributed by atoms with Gasteiger partial charge in [-0.05, 0) is 18.3 Å². The second kappa shape index (κ2) is 4.31. The van der Waals surface area contributed by atoms with E-state index in [1.807, 2.05) is 18.2 Å². The summed E-state index contributed by atoms with van der Waals surface area (Å²) in [5, 5.41) is 3.49. The first-order valence-electron chi connectivity index (χ1n) is 4.71. The number of hydrogen-bond acceptors (Lipinski definition) is 2. The van der Waals surface area contributed by atoms with Crippen molar-refractivity contribution in [2.75, 3.05) is 6.54 Å². The number of allylic oxidation sites excluding steroid dienone is 3. The number of amidine groups is 1. The summed E-state index contributed by atoms with van der Waals surface area (Å²) >= 11 is 5.04. The third-order valence-electron chi connectivity index (χ3n) is 2.15. The monoisotopic (exact) mass is 217 g/mol. The molecule has 4 heteroatoms. The molecular formula is C11H11N3S. The molecule has 2 aliphatic rings. The number of nitrogens with zero attached hydrogens (tertiary/aromatic N) is 2. The summed E-state index contributed by atoms with van der Waals surface area (Å²) in [5.74, 6) is 0.965. The van der Waals surface area contributed by atoms with Gasteiger partial charge in [0, 0.05) is 0 Å². The molecule has 1 atom stereocenters. The van der Waals surface area contributed by atoms with E-state index >= 15 is 0 Å². The van der Waals surface area contributed by atoms with E-state index < -0.39 is 0 Å². The number of rotatable bonds is 2. The Labute approximate surface area is 94.0 Å². The number of nitrogens with one attached hydrogen (secondary N) is 1. The molecule has 1 heterocycles. The SMILES string of the molecule is C=CCN=C1NC(=S)N=C2C=CC=CC21. The fraction of sp³-hybridized carbons (Fsp3) is 0.182. The fourth-order valence-corrected chi connectivity index (χ4v) is 1.71. The van der Waals surface area contributed by atoms with Gasteiger partial charge in [-0.1, -0.05) is 24.3 Å².